The molecule has 30 heavy (non-hydrogen) atoms. The van der Waals surface area contributed by atoms with E-state index in [2.05, 4.69) is 17.4 Å². The molecule has 0 heterocycles. The predicted molar refractivity (Wildman–Crippen MR) is 125 cm³/mol. The Kier molecular flexibility index (Phi) is 7.94. The first kappa shape index (κ1) is 21.9. The second-order valence-electron chi connectivity index (χ2n) is 7.30. The third kappa shape index (κ3) is 6.12. The van der Waals surface area contributed by atoms with Gasteiger partial charge in [0.25, 0.3) is 0 Å². The summed E-state index contributed by atoms with van der Waals surface area (Å²) in [5, 5.41) is 3.05. The summed E-state index contributed by atoms with van der Waals surface area (Å²) >= 11 is 1.72. The smallest absolute Gasteiger partial charge is 0.242 e. The van der Waals surface area contributed by atoms with E-state index in [0.29, 0.717) is 6.42 Å². The first-order chi connectivity index (χ1) is 14.6. The van der Waals surface area contributed by atoms with Crippen LogP contribution in [0.5, 0.6) is 5.75 Å². The van der Waals surface area contributed by atoms with Crippen LogP contribution < -0.4 is 10.1 Å². The molecule has 0 bridgehead atoms. The first-order valence-electron chi connectivity index (χ1n) is 9.93. The number of hydrogen-bond donors (Lipinski definition) is 1. The second kappa shape index (κ2) is 10.9. The number of nitrogens with zero attached hydrogens (tertiary/aromatic N) is 1. The number of amides is 1. The maximum Gasteiger partial charge on any atom is 0.242 e. The fourth-order valence-electron chi connectivity index (χ4n) is 3.17. The maximum atomic E-state index is 13.0. The Balaban J connectivity index is 1.68. The van der Waals surface area contributed by atoms with Gasteiger partial charge < -0.3 is 10.1 Å². The van der Waals surface area contributed by atoms with Crippen molar-refractivity contribution in [3.8, 4) is 5.75 Å². The van der Waals surface area contributed by atoms with Gasteiger partial charge in [-0.2, -0.15) is 0 Å². The van der Waals surface area contributed by atoms with Crippen LogP contribution in [-0.2, 0) is 17.0 Å². The summed E-state index contributed by atoms with van der Waals surface area (Å²) in [7, 11) is 5.51. The van der Waals surface area contributed by atoms with E-state index in [-0.39, 0.29) is 11.9 Å². The predicted octanol–water partition coefficient (Wildman–Crippen LogP) is 5.10. The summed E-state index contributed by atoms with van der Waals surface area (Å²) in [6, 6.07) is 26.0. The molecule has 0 fully saturated rings. The Morgan fingerprint density at radius 1 is 0.967 bits per heavy atom. The van der Waals surface area contributed by atoms with Crippen molar-refractivity contribution in [2.75, 3.05) is 26.5 Å². The quantitative estimate of drug-likeness (QED) is 0.489. The highest BCUT2D eigenvalue weighted by molar-refractivity contribution is 7.98. The van der Waals surface area contributed by atoms with Crippen LogP contribution in [0.3, 0.4) is 0 Å². The van der Waals surface area contributed by atoms with E-state index in [1.807, 2.05) is 85.7 Å². The zero-order chi connectivity index (χ0) is 21.3. The van der Waals surface area contributed by atoms with Crippen molar-refractivity contribution in [1.29, 1.82) is 0 Å². The lowest BCUT2D eigenvalue weighted by atomic mass is 10.0. The summed E-state index contributed by atoms with van der Waals surface area (Å²) in [6.45, 7) is 0. The van der Waals surface area contributed by atoms with Gasteiger partial charge in [0.2, 0.25) is 5.91 Å². The van der Waals surface area contributed by atoms with E-state index in [0.717, 1.165) is 27.6 Å². The van der Waals surface area contributed by atoms with E-state index < -0.39 is 0 Å². The van der Waals surface area contributed by atoms with Gasteiger partial charge in [-0.3, -0.25) is 9.69 Å². The Morgan fingerprint density at radius 2 is 1.60 bits per heavy atom. The summed E-state index contributed by atoms with van der Waals surface area (Å²) < 4.78 is 5.58. The summed E-state index contributed by atoms with van der Waals surface area (Å²) in [5.74, 6) is 1.59. The van der Waals surface area contributed by atoms with Crippen LogP contribution in [0.1, 0.15) is 11.1 Å². The van der Waals surface area contributed by atoms with Gasteiger partial charge in [0.05, 0.1) is 13.2 Å². The number of thioether (sulfide) groups is 1. The summed E-state index contributed by atoms with van der Waals surface area (Å²) in [4.78, 5) is 16.0. The molecule has 0 saturated heterocycles. The Labute approximate surface area is 183 Å². The molecular formula is C25H28N2O2S. The number of carbonyl (C=O) groups excluding carboxylic acids is 1. The zero-order valence-electron chi connectivity index (χ0n) is 17.7. The minimum absolute atomic E-state index is 0.0319. The molecule has 0 spiro atoms. The average Bonchev–Trinajstić information content (AvgIpc) is 2.77. The molecule has 0 unspecified atom stereocenters. The van der Waals surface area contributed by atoms with Crippen LogP contribution in [0.25, 0.3) is 0 Å². The molecule has 0 radical (unpaired) electrons. The molecule has 5 heteroatoms. The highest BCUT2D eigenvalue weighted by Crippen LogP contribution is 2.34. The largest absolute Gasteiger partial charge is 0.496 e. The fourth-order valence-corrected chi connectivity index (χ4v) is 4.14. The molecule has 1 amide bonds. The van der Waals surface area contributed by atoms with Crippen LogP contribution in [0.2, 0.25) is 0 Å². The van der Waals surface area contributed by atoms with E-state index in [9.17, 15) is 4.79 Å². The normalized spacial score (nSPS) is 11.9. The van der Waals surface area contributed by atoms with Crippen molar-refractivity contribution in [2.45, 2.75) is 23.1 Å². The number of hydrogen-bond acceptors (Lipinski definition) is 4. The van der Waals surface area contributed by atoms with Crippen molar-refractivity contribution >= 4 is 23.4 Å². The van der Waals surface area contributed by atoms with Crippen LogP contribution in [-0.4, -0.2) is 38.1 Å². The molecule has 3 rings (SSSR count). The van der Waals surface area contributed by atoms with Gasteiger partial charge in [0.1, 0.15) is 5.75 Å². The molecule has 156 valence electrons. The van der Waals surface area contributed by atoms with Gasteiger partial charge >= 0.3 is 0 Å². The van der Waals surface area contributed by atoms with E-state index in [4.69, 9.17) is 4.74 Å². The number of nitrogens with one attached hydrogen (secondary N) is 1. The number of methoxy groups -OCH3 is 1. The minimum atomic E-state index is -0.259. The highest BCUT2D eigenvalue weighted by atomic mass is 32.2. The topological polar surface area (TPSA) is 41.6 Å². The van der Waals surface area contributed by atoms with Crippen LogP contribution in [0.15, 0.2) is 83.8 Å². The molecule has 0 aliphatic carbocycles. The number of likely N-dealkylation sites (N-methyl/N-ethyl adjacent to an activating group) is 1. The maximum absolute atomic E-state index is 13.0. The monoisotopic (exact) mass is 420 g/mol. The number of carbonyl (C=O) groups is 1. The fraction of sp³-hybridized carbons (Fsp3) is 0.240. The van der Waals surface area contributed by atoms with Crippen molar-refractivity contribution in [1.82, 2.24) is 4.90 Å². The van der Waals surface area contributed by atoms with Crippen LogP contribution in [0.4, 0.5) is 5.69 Å². The Hall–Kier alpha value is -2.76. The van der Waals surface area contributed by atoms with Crippen LogP contribution >= 0.6 is 11.8 Å². The molecule has 3 aromatic rings. The molecule has 0 aliphatic heterocycles. The number of anilines is 1. The van der Waals surface area contributed by atoms with E-state index >= 15 is 0 Å². The number of ether oxygens (including phenoxy) is 1. The molecular weight excluding hydrogens is 392 g/mol. The average molecular weight is 421 g/mol. The molecule has 0 aromatic heterocycles. The first-order valence-corrected chi connectivity index (χ1v) is 10.9. The van der Waals surface area contributed by atoms with Gasteiger partial charge in [-0.15, -0.1) is 11.8 Å². The lowest BCUT2D eigenvalue weighted by Gasteiger charge is -2.24. The van der Waals surface area contributed by atoms with Gasteiger partial charge in [0.15, 0.2) is 0 Å². The van der Waals surface area contributed by atoms with Gasteiger partial charge in [-0.05, 0) is 43.8 Å². The van der Waals surface area contributed by atoms with Gasteiger partial charge in [-0.25, -0.2) is 0 Å². The van der Waals surface area contributed by atoms with Crippen LogP contribution in [0, 0.1) is 0 Å². The third-order valence-electron chi connectivity index (χ3n) is 4.87. The Morgan fingerprint density at radius 3 is 2.20 bits per heavy atom. The molecule has 4 nitrogen and oxygen atoms in total. The number of benzene rings is 3. The lowest BCUT2D eigenvalue weighted by Crippen LogP contribution is -2.41. The second-order valence-corrected chi connectivity index (χ2v) is 8.32. The lowest BCUT2D eigenvalue weighted by molar-refractivity contribution is -0.120. The Bertz CT molecular complexity index is 946. The molecule has 0 aliphatic rings. The molecule has 0 saturated carbocycles. The molecule has 1 atom stereocenters. The third-order valence-corrected chi connectivity index (χ3v) is 5.99. The zero-order valence-corrected chi connectivity index (χ0v) is 18.5. The summed E-state index contributed by atoms with van der Waals surface area (Å²) in [6.07, 6.45) is 0.655. The van der Waals surface area contributed by atoms with Crippen molar-refractivity contribution < 1.29 is 9.53 Å². The SMILES string of the molecule is COc1cc(NC(=O)[C@H](Cc2ccccc2)N(C)C)ccc1SCc1ccccc1. The van der Waals surface area contributed by atoms with Crippen molar-refractivity contribution in [3.05, 3.63) is 90.0 Å². The standard InChI is InChI=1S/C25H28N2O2S/c1-27(2)22(16-19-10-6-4-7-11-19)25(28)26-21-14-15-24(23(17-21)29-3)30-18-20-12-8-5-9-13-20/h4-15,17,22H,16,18H2,1-3H3,(H,26,28)/t22-/m0/s1. The highest BCUT2D eigenvalue weighted by Gasteiger charge is 2.21. The van der Waals surface area contributed by atoms with Crippen molar-refractivity contribution in [2.24, 2.45) is 0 Å². The van der Waals surface area contributed by atoms with E-state index in [1.165, 1.54) is 5.56 Å². The molecule has 3 aromatic carbocycles. The molecule has 1 N–H and O–H groups in total. The van der Waals surface area contributed by atoms with E-state index in [1.54, 1.807) is 18.9 Å². The van der Waals surface area contributed by atoms with Crippen molar-refractivity contribution in [3.63, 3.8) is 0 Å². The van der Waals surface area contributed by atoms with Gasteiger partial charge in [0, 0.05) is 22.4 Å². The minimum Gasteiger partial charge on any atom is -0.496 e. The summed E-state index contributed by atoms with van der Waals surface area (Å²) in [5.41, 5.74) is 3.13. The van der Waals surface area contributed by atoms with Gasteiger partial charge in [-0.1, -0.05) is 60.7 Å². The number of rotatable bonds is 9.